The molecule has 6 heteroatoms. The van der Waals surface area contributed by atoms with Crippen molar-refractivity contribution >= 4 is 23.2 Å². The summed E-state index contributed by atoms with van der Waals surface area (Å²) >= 11 is 6.04. The van der Waals surface area contributed by atoms with Gasteiger partial charge in [-0.1, -0.05) is 11.6 Å². The molecule has 1 amide bonds. The monoisotopic (exact) mass is 311 g/mol. The Balaban J connectivity index is 2.21. The highest BCUT2D eigenvalue weighted by molar-refractivity contribution is 6.33. The van der Waals surface area contributed by atoms with Crippen LogP contribution in [0.3, 0.4) is 0 Å². The van der Waals surface area contributed by atoms with Crippen LogP contribution in [0.4, 0.5) is 5.69 Å². The third-order valence-corrected chi connectivity index (χ3v) is 4.18. The molecule has 1 saturated heterocycles. The number of anilines is 1. The Morgan fingerprint density at radius 1 is 1.57 bits per heavy atom. The molecule has 3 N–H and O–H groups in total. The summed E-state index contributed by atoms with van der Waals surface area (Å²) in [5.41, 5.74) is 6.65. The van der Waals surface area contributed by atoms with Gasteiger partial charge in [-0.15, -0.1) is 0 Å². The summed E-state index contributed by atoms with van der Waals surface area (Å²) in [5, 5.41) is 3.55. The van der Waals surface area contributed by atoms with Crippen LogP contribution in [0.25, 0.3) is 0 Å². The van der Waals surface area contributed by atoms with Gasteiger partial charge < -0.3 is 20.7 Å². The van der Waals surface area contributed by atoms with E-state index >= 15 is 0 Å². The second-order valence-corrected chi connectivity index (χ2v) is 5.80. The van der Waals surface area contributed by atoms with E-state index in [1.807, 2.05) is 11.9 Å². The number of amides is 1. The van der Waals surface area contributed by atoms with Gasteiger partial charge in [-0.25, -0.2) is 0 Å². The van der Waals surface area contributed by atoms with Crippen LogP contribution in [-0.2, 0) is 0 Å². The highest BCUT2D eigenvalue weighted by Gasteiger charge is 2.26. The van der Waals surface area contributed by atoms with Gasteiger partial charge in [0, 0.05) is 19.2 Å². The van der Waals surface area contributed by atoms with Crippen LogP contribution >= 0.6 is 11.6 Å². The number of ether oxygens (including phenoxy) is 1. The number of likely N-dealkylation sites (tertiary alicyclic amines) is 1. The summed E-state index contributed by atoms with van der Waals surface area (Å²) in [7, 11) is 3.46. The van der Waals surface area contributed by atoms with Gasteiger partial charge >= 0.3 is 0 Å². The van der Waals surface area contributed by atoms with Crippen LogP contribution in [0.5, 0.6) is 5.75 Å². The molecule has 0 saturated carbocycles. The first-order valence-electron chi connectivity index (χ1n) is 7.13. The molecule has 1 aromatic rings. The number of nitrogens with two attached hydrogens (primary N) is 1. The molecule has 2 rings (SSSR count). The minimum absolute atomic E-state index is 0.0467. The van der Waals surface area contributed by atoms with Crippen LogP contribution in [0.2, 0.25) is 5.02 Å². The molecular weight excluding hydrogens is 290 g/mol. The summed E-state index contributed by atoms with van der Waals surface area (Å²) in [6.45, 7) is 2.44. The maximum Gasteiger partial charge on any atom is 0.257 e. The second kappa shape index (κ2) is 7.00. The number of rotatable bonds is 4. The van der Waals surface area contributed by atoms with E-state index in [4.69, 9.17) is 22.1 Å². The van der Waals surface area contributed by atoms with Crippen molar-refractivity contribution in [3.8, 4) is 5.75 Å². The Bertz CT molecular complexity index is 520. The average molecular weight is 312 g/mol. The topological polar surface area (TPSA) is 67.6 Å². The zero-order valence-electron chi connectivity index (χ0n) is 12.5. The maximum atomic E-state index is 12.7. The van der Waals surface area contributed by atoms with Crippen molar-refractivity contribution in [1.82, 2.24) is 10.2 Å². The lowest BCUT2D eigenvalue weighted by molar-refractivity contribution is 0.0671. The van der Waals surface area contributed by atoms with Crippen LogP contribution in [0.1, 0.15) is 23.2 Å². The molecular formula is C15H22ClN3O2. The highest BCUT2D eigenvalue weighted by atomic mass is 35.5. The molecule has 1 aliphatic heterocycles. The van der Waals surface area contributed by atoms with Crippen molar-refractivity contribution < 1.29 is 9.53 Å². The van der Waals surface area contributed by atoms with Crippen molar-refractivity contribution in [2.24, 2.45) is 5.92 Å². The molecule has 0 aromatic heterocycles. The number of nitrogen functional groups attached to an aromatic ring is 1. The summed E-state index contributed by atoms with van der Waals surface area (Å²) in [5.74, 6) is 0.912. The highest BCUT2D eigenvalue weighted by Crippen LogP contribution is 2.30. The second-order valence-electron chi connectivity index (χ2n) is 5.39. The largest absolute Gasteiger partial charge is 0.496 e. The number of nitrogens with one attached hydrogen (secondary N) is 1. The van der Waals surface area contributed by atoms with Crippen LogP contribution in [0, 0.1) is 5.92 Å². The van der Waals surface area contributed by atoms with E-state index < -0.39 is 0 Å². The van der Waals surface area contributed by atoms with E-state index in [-0.39, 0.29) is 5.91 Å². The maximum absolute atomic E-state index is 12.7. The van der Waals surface area contributed by atoms with Crippen LogP contribution in [-0.4, -0.2) is 44.6 Å². The third kappa shape index (κ3) is 3.60. The first kappa shape index (κ1) is 15.9. The Morgan fingerprint density at radius 2 is 2.33 bits per heavy atom. The standard InChI is InChI=1S/C15H22ClN3O2/c1-18-8-10-4-3-5-19(9-10)15(20)11-6-12(16)13(17)7-14(11)21-2/h6-7,10,18H,3-5,8-9,17H2,1-2H3. The lowest BCUT2D eigenvalue weighted by Gasteiger charge is -2.33. The van der Waals surface area contributed by atoms with Gasteiger partial charge in [0.1, 0.15) is 5.75 Å². The zero-order valence-corrected chi connectivity index (χ0v) is 13.2. The van der Waals surface area contributed by atoms with Crippen molar-refractivity contribution in [2.75, 3.05) is 39.5 Å². The molecule has 116 valence electrons. The number of benzene rings is 1. The Hall–Kier alpha value is -1.46. The van der Waals surface area contributed by atoms with E-state index in [0.717, 1.165) is 32.5 Å². The lowest BCUT2D eigenvalue weighted by Crippen LogP contribution is -2.42. The molecule has 5 nitrogen and oxygen atoms in total. The van der Waals surface area contributed by atoms with E-state index in [2.05, 4.69) is 5.32 Å². The zero-order chi connectivity index (χ0) is 15.4. The number of halogens is 1. The molecule has 0 aliphatic carbocycles. The Morgan fingerprint density at radius 3 is 3.00 bits per heavy atom. The van der Waals surface area contributed by atoms with Crippen LogP contribution < -0.4 is 15.8 Å². The summed E-state index contributed by atoms with van der Waals surface area (Å²) in [6.07, 6.45) is 2.16. The fraction of sp³-hybridized carbons (Fsp3) is 0.533. The first-order valence-corrected chi connectivity index (χ1v) is 7.51. The van der Waals surface area contributed by atoms with Gasteiger partial charge in [-0.2, -0.15) is 0 Å². The van der Waals surface area contributed by atoms with E-state index in [9.17, 15) is 4.79 Å². The van der Waals surface area contributed by atoms with Crippen LogP contribution in [0.15, 0.2) is 12.1 Å². The Labute approximate surface area is 130 Å². The molecule has 0 spiro atoms. The molecule has 0 bridgehead atoms. The Kier molecular flexibility index (Phi) is 5.31. The van der Waals surface area contributed by atoms with Gasteiger partial charge in [0.2, 0.25) is 0 Å². The van der Waals surface area contributed by atoms with Crippen molar-refractivity contribution in [3.63, 3.8) is 0 Å². The third-order valence-electron chi connectivity index (χ3n) is 3.85. The lowest BCUT2D eigenvalue weighted by atomic mass is 9.97. The van der Waals surface area contributed by atoms with Crippen molar-refractivity contribution in [2.45, 2.75) is 12.8 Å². The molecule has 1 aliphatic rings. The van der Waals surface area contributed by atoms with Gasteiger partial charge in [0.25, 0.3) is 5.91 Å². The number of hydrogen-bond donors (Lipinski definition) is 2. The van der Waals surface area contributed by atoms with Gasteiger partial charge in [0.05, 0.1) is 23.4 Å². The predicted octanol–water partition coefficient (Wildman–Crippen LogP) is 2.00. The number of carbonyl (C=O) groups excluding carboxylic acids is 1. The quantitative estimate of drug-likeness (QED) is 0.835. The predicted molar refractivity (Wildman–Crippen MR) is 85.0 cm³/mol. The molecule has 1 unspecified atom stereocenters. The van der Waals surface area contributed by atoms with E-state index in [0.29, 0.717) is 27.9 Å². The number of methoxy groups -OCH3 is 1. The summed E-state index contributed by atoms with van der Waals surface area (Å²) in [6, 6.07) is 3.20. The number of piperidine rings is 1. The molecule has 0 radical (unpaired) electrons. The minimum atomic E-state index is -0.0467. The van der Waals surface area contributed by atoms with E-state index in [1.54, 1.807) is 12.1 Å². The molecule has 1 fully saturated rings. The number of hydrogen-bond acceptors (Lipinski definition) is 4. The minimum Gasteiger partial charge on any atom is -0.496 e. The summed E-state index contributed by atoms with van der Waals surface area (Å²) in [4.78, 5) is 14.6. The fourth-order valence-electron chi connectivity index (χ4n) is 2.78. The first-order chi connectivity index (χ1) is 10.1. The summed E-state index contributed by atoms with van der Waals surface area (Å²) < 4.78 is 5.27. The average Bonchev–Trinajstić information content (AvgIpc) is 2.49. The number of nitrogens with zero attached hydrogens (tertiary/aromatic N) is 1. The SMILES string of the molecule is CNCC1CCCN(C(=O)c2cc(Cl)c(N)cc2OC)C1. The molecule has 1 heterocycles. The van der Waals surface area contributed by atoms with Gasteiger partial charge in [-0.05, 0) is 38.4 Å². The number of carbonyl (C=O) groups is 1. The van der Waals surface area contributed by atoms with Gasteiger partial charge in [0.15, 0.2) is 0 Å². The normalized spacial score (nSPS) is 18.6. The molecule has 21 heavy (non-hydrogen) atoms. The van der Waals surface area contributed by atoms with Crippen molar-refractivity contribution in [1.29, 1.82) is 0 Å². The molecule has 1 aromatic carbocycles. The smallest absolute Gasteiger partial charge is 0.257 e. The van der Waals surface area contributed by atoms with E-state index in [1.165, 1.54) is 7.11 Å². The van der Waals surface area contributed by atoms with Gasteiger partial charge in [-0.3, -0.25) is 4.79 Å². The molecule has 1 atom stereocenters. The fourth-order valence-corrected chi connectivity index (χ4v) is 2.94. The van der Waals surface area contributed by atoms with Crippen molar-refractivity contribution in [3.05, 3.63) is 22.7 Å².